The van der Waals surface area contributed by atoms with Gasteiger partial charge in [0.2, 0.25) is 10.0 Å². The average molecular weight is 303 g/mol. The summed E-state index contributed by atoms with van der Waals surface area (Å²) in [5.41, 5.74) is -0.738. The third-order valence-electron chi connectivity index (χ3n) is 3.20. The van der Waals surface area contributed by atoms with Crippen LogP contribution < -0.4 is 4.72 Å². The van der Waals surface area contributed by atoms with E-state index in [4.69, 9.17) is 10.2 Å². The van der Waals surface area contributed by atoms with Gasteiger partial charge in [-0.15, -0.1) is 0 Å². The van der Waals surface area contributed by atoms with Gasteiger partial charge in [-0.25, -0.2) is 22.3 Å². The van der Waals surface area contributed by atoms with E-state index in [0.717, 1.165) is 12.1 Å². The molecule has 8 heteroatoms. The number of halogens is 1. The lowest BCUT2D eigenvalue weighted by Crippen LogP contribution is -2.46. The van der Waals surface area contributed by atoms with Crippen molar-refractivity contribution in [2.75, 3.05) is 0 Å². The molecule has 0 atom stereocenters. The summed E-state index contributed by atoms with van der Waals surface area (Å²) in [5, 5.41) is 18.0. The summed E-state index contributed by atoms with van der Waals surface area (Å²) in [4.78, 5) is 10.6. The van der Waals surface area contributed by atoms with E-state index in [0.29, 0.717) is 12.8 Å². The van der Waals surface area contributed by atoms with Crippen LogP contribution in [0.1, 0.15) is 28.8 Å². The van der Waals surface area contributed by atoms with Gasteiger partial charge in [0.15, 0.2) is 0 Å². The first-order valence-corrected chi connectivity index (χ1v) is 7.43. The minimum absolute atomic E-state index is 0.0566. The molecule has 0 radical (unpaired) electrons. The average Bonchev–Trinajstić information content (AvgIpc) is 2.29. The van der Waals surface area contributed by atoms with Crippen LogP contribution in [0.15, 0.2) is 17.0 Å². The third-order valence-corrected chi connectivity index (χ3v) is 4.70. The minimum atomic E-state index is -3.93. The molecular formula is C12H14FNO5S. The molecule has 110 valence electrons. The van der Waals surface area contributed by atoms with Gasteiger partial charge in [-0.05, 0) is 37.5 Å². The molecule has 0 amide bonds. The number of aliphatic hydroxyl groups is 1. The van der Waals surface area contributed by atoms with Crippen molar-refractivity contribution in [2.45, 2.75) is 36.8 Å². The standard InChI is InChI=1S/C12H14FNO5S/c1-6-2-9(5-10(11(6)13)12(16)17)20(18,19)14-7-3-8(15)4-7/h2,5,7-8,14-15H,3-4H2,1H3,(H,16,17). The lowest BCUT2D eigenvalue weighted by molar-refractivity contribution is 0.0690. The first-order valence-electron chi connectivity index (χ1n) is 5.94. The smallest absolute Gasteiger partial charge is 0.338 e. The largest absolute Gasteiger partial charge is 0.478 e. The lowest BCUT2D eigenvalue weighted by Gasteiger charge is -2.31. The van der Waals surface area contributed by atoms with E-state index in [1.54, 1.807) is 0 Å². The number of rotatable bonds is 4. The first kappa shape index (κ1) is 14.9. The molecule has 0 spiro atoms. The zero-order valence-corrected chi connectivity index (χ0v) is 11.4. The van der Waals surface area contributed by atoms with Gasteiger partial charge < -0.3 is 10.2 Å². The highest BCUT2D eigenvalue weighted by molar-refractivity contribution is 7.89. The van der Waals surface area contributed by atoms with E-state index >= 15 is 0 Å². The molecular weight excluding hydrogens is 289 g/mol. The van der Waals surface area contributed by atoms with E-state index < -0.39 is 33.5 Å². The zero-order valence-electron chi connectivity index (χ0n) is 10.6. The number of hydrogen-bond donors (Lipinski definition) is 3. The Morgan fingerprint density at radius 2 is 2.00 bits per heavy atom. The monoisotopic (exact) mass is 303 g/mol. The molecule has 20 heavy (non-hydrogen) atoms. The third kappa shape index (κ3) is 2.82. The van der Waals surface area contributed by atoms with Crippen LogP contribution >= 0.6 is 0 Å². The Morgan fingerprint density at radius 3 is 2.50 bits per heavy atom. The fourth-order valence-electron chi connectivity index (χ4n) is 2.02. The fraction of sp³-hybridized carbons (Fsp3) is 0.417. The summed E-state index contributed by atoms with van der Waals surface area (Å²) in [7, 11) is -3.93. The van der Waals surface area contributed by atoms with Gasteiger partial charge in [-0.2, -0.15) is 0 Å². The Bertz CT molecular complexity index is 652. The Balaban J connectivity index is 2.34. The maximum Gasteiger partial charge on any atom is 0.338 e. The summed E-state index contributed by atoms with van der Waals surface area (Å²) in [6.45, 7) is 1.30. The lowest BCUT2D eigenvalue weighted by atomic mass is 9.91. The molecule has 3 N–H and O–H groups in total. The second-order valence-electron chi connectivity index (χ2n) is 4.85. The van der Waals surface area contributed by atoms with Crippen molar-refractivity contribution < 1.29 is 27.8 Å². The van der Waals surface area contributed by atoms with Crippen molar-refractivity contribution in [1.29, 1.82) is 0 Å². The molecule has 1 saturated carbocycles. The fourth-order valence-corrected chi connectivity index (χ4v) is 3.39. The summed E-state index contributed by atoms with van der Waals surface area (Å²) in [6, 6.07) is 1.50. The molecule has 0 aromatic heterocycles. The van der Waals surface area contributed by atoms with Crippen LogP contribution in [0.3, 0.4) is 0 Å². The van der Waals surface area contributed by atoms with E-state index in [-0.39, 0.29) is 16.5 Å². The Labute approximate surface area is 115 Å². The molecule has 0 unspecified atom stereocenters. The molecule has 2 rings (SSSR count). The minimum Gasteiger partial charge on any atom is -0.478 e. The molecule has 1 aliphatic rings. The number of sulfonamides is 1. The van der Waals surface area contributed by atoms with Crippen molar-refractivity contribution in [1.82, 2.24) is 4.72 Å². The number of carboxylic acid groups (broad SMARTS) is 1. The van der Waals surface area contributed by atoms with Crippen LogP contribution in [-0.4, -0.2) is 36.7 Å². The number of benzene rings is 1. The number of aromatic carboxylic acids is 1. The van der Waals surface area contributed by atoms with E-state index in [9.17, 15) is 17.6 Å². The van der Waals surface area contributed by atoms with Gasteiger partial charge in [0, 0.05) is 6.04 Å². The molecule has 1 aliphatic carbocycles. The SMILES string of the molecule is Cc1cc(S(=O)(=O)NC2CC(O)C2)cc(C(=O)O)c1F. The molecule has 0 heterocycles. The van der Waals surface area contributed by atoms with Crippen molar-refractivity contribution in [3.05, 3.63) is 29.1 Å². The van der Waals surface area contributed by atoms with Gasteiger partial charge in [0.1, 0.15) is 5.82 Å². The summed E-state index contributed by atoms with van der Waals surface area (Å²) in [6.07, 6.45) is 0.100. The topological polar surface area (TPSA) is 104 Å². The van der Waals surface area contributed by atoms with Gasteiger partial charge in [0.05, 0.1) is 16.6 Å². The number of carbonyl (C=O) groups is 1. The van der Waals surface area contributed by atoms with Gasteiger partial charge in [-0.1, -0.05) is 0 Å². The predicted molar refractivity (Wildman–Crippen MR) is 67.4 cm³/mol. The molecule has 1 aromatic rings. The normalized spacial score (nSPS) is 22.4. The van der Waals surface area contributed by atoms with Crippen LogP contribution in [-0.2, 0) is 10.0 Å². The van der Waals surface area contributed by atoms with Gasteiger partial charge >= 0.3 is 5.97 Å². The Hall–Kier alpha value is -1.51. The number of aryl methyl sites for hydroxylation is 1. The van der Waals surface area contributed by atoms with Gasteiger partial charge in [0.25, 0.3) is 0 Å². The van der Waals surface area contributed by atoms with E-state index in [1.165, 1.54) is 6.92 Å². The highest BCUT2D eigenvalue weighted by Gasteiger charge is 2.32. The number of nitrogens with one attached hydrogen (secondary N) is 1. The summed E-state index contributed by atoms with van der Waals surface area (Å²) < 4.78 is 40.1. The number of aliphatic hydroxyl groups excluding tert-OH is 1. The van der Waals surface area contributed by atoms with Crippen LogP contribution in [0.4, 0.5) is 4.39 Å². The number of carboxylic acids is 1. The maximum atomic E-state index is 13.6. The van der Waals surface area contributed by atoms with Crippen molar-refractivity contribution >= 4 is 16.0 Å². The van der Waals surface area contributed by atoms with E-state index in [2.05, 4.69) is 4.72 Å². The Morgan fingerprint density at radius 1 is 1.40 bits per heavy atom. The van der Waals surface area contributed by atoms with Crippen LogP contribution in [0.25, 0.3) is 0 Å². The van der Waals surface area contributed by atoms with Crippen molar-refractivity contribution in [3.63, 3.8) is 0 Å². The second-order valence-corrected chi connectivity index (χ2v) is 6.56. The number of hydrogen-bond acceptors (Lipinski definition) is 4. The second kappa shape index (κ2) is 5.12. The zero-order chi connectivity index (χ0) is 15.1. The summed E-state index contributed by atoms with van der Waals surface area (Å²) in [5.74, 6) is -2.47. The quantitative estimate of drug-likeness (QED) is 0.757. The molecule has 1 fully saturated rings. The molecule has 0 bridgehead atoms. The predicted octanol–water partition coefficient (Wildman–Crippen LogP) is 0.634. The summed E-state index contributed by atoms with van der Waals surface area (Å²) >= 11 is 0. The van der Waals surface area contributed by atoms with Gasteiger partial charge in [-0.3, -0.25) is 0 Å². The van der Waals surface area contributed by atoms with E-state index in [1.807, 2.05) is 0 Å². The maximum absolute atomic E-state index is 13.6. The first-order chi connectivity index (χ1) is 9.20. The van der Waals surface area contributed by atoms with Crippen LogP contribution in [0.5, 0.6) is 0 Å². The molecule has 6 nitrogen and oxygen atoms in total. The van der Waals surface area contributed by atoms with Crippen LogP contribution in [0, 0.1) is 12.7 Å². The highest BCUT2D eigenvalue weighted by atomic mass is 32.2. The van der Waals surface area contributed by atoms with Crippen LogP contribution in [0.2, 0.25) is 0 Å². The molecule has 0 aliphatic heterocycles. The Kier molecular flexibility index (Phi) is 3.81. The highest BCUT2D eigenvalue weighted by Crippen LogP contribution is 2.24. The van der Waals surface area contributed by atoms with Crippen molar-refractivity contribution in [3.8, 4) is 0 Å². The van der Waals surface area contributed by atoms with Crippen molar-refractivity contribution in [2.24, 2.45) is 0 Å². The molecule has 1 aromatic carbocycles. The molecule has 0 saturated heterocycles.